The van der Waals surface area contributed by atoms with Crippen LogP contribution in [-0.2, 0) is 24.1 Å². The van der Waals surface area contributed by atoms with Crippen LogP contribution in [-0.4, -0.2) is 58.2 Å². The van der Waals surface area contributed by atoms with Crippen LogP contribution in [0.15, 0.2) is 10.9 Å². The van der Waals surface area contributed by atoms with Gasteiger partial charge in [-0.3, -0.25) is 9.69 Å². The van der Waals surface area contributed by atoms with E-state index in [2.05, 4.69) is 10.00 Å². The van der Waals surface area contributed by atoms with Crippen LogP contribution in [0.2, 0.25) is 0 Å². The SMILES string of the molecule is O=c1cc2c(nn1CC1CN(CC3(O)CCOCC3)C1)CCCC2. The average Bonchev–Trinajstić information content (AvgIpc) is 2.54. The van der Waals surface area contributed by atoms with Gasteiger partial charge in [0.1, 0.15) is 0 Å². The molecule has 3 heterocycles. The average molecular weight is 333 g/mol. The summed E-state index contributed by atoms with van der Waals surface area (Å²) in [5, 5.41) is 15.2. The fraction of sp³-hybridized carbons (Fsp3) is 0.778. The van der Waals surface area contributed by atoms with Crippen molar-refractivity contribution < 1.29 is 9.84 Å². The van der Waals surface area contributed by atoms with E-state index in [-0.39, 0.29) is 5.56 Å². The van der Waals surface area contributed by atoms with E-state index in [1.54, 1.807) is 10.7 Å². The van der Waals surface area contributed by atoms with Crippen molar-refractivity contribution >= 4 is 0 Å². The first kappa shape index (κ1) is 16.2. The summed E-state index contributed by atoms with van der Waals surface area (Å²) in [6.45, 7) is 4.61. The number of rotatable bonds is 4. The molecule has 0 amide bonds. The van der Waals surface area contributed by atoms with Gasteiger partial charge in [-0.05, 0) is 31.2 Å². The van der Waals surface area contributed by atoms with Gasteiger partial charge in [0.25, 0.3) is 5.56 Å². The summed E-state index contributed by atoms with van der Waals surface area (Å²) in [5.41, 5.74) is 1.72. The second-order valence-corrected chi connectivity index (χ2v) is 7.74. The lowest BCUT2D eigenvalue weighted by molar-refractivity contribution is -0.0956. The third kappa shape index (κ3) is 3.41. The highest BCUT2D eigenvalue weighted by molar-refractivity contribution is 5.20. The number of hydrogen-bond donors (Lipinski definition) is 1. The maximum atomic E-state index is 12.2. The number of aliphatic hydroxyl groups is 1. The van der Waals surface area contributed by atoms with Crippen molar-refractivity contribution in [3.63, 3.8) is 0 Å². The number of β-amino-alcohol motifs (C(OH)–C–C–N with tert-alkyl or cyclic N) is 1. The minimum absolute atomic E-state index is 0.0390. The molecule has 0 bridgehead atoms. The third-order valence-electron chi connectivity index (χ3n) is 5.68. The topological polar surface area (TPSA) is 67.6 Å². The van der Waals surface area contributed by atoms with E-state index in [0.29, 0.717) is 25.7 Å². The second-order valence-electron chi connectivity index (χ2n) is 7.74. The number of aryl methyl sites for hydroxylation is 2. The molecule has 6 nitrogen and oxygen atoms in total. The maximum Gasteiger partial charge on any atom is 0.267 e. The van der Waals surface area contributed by atoms with E-state index in [0.717, 1.165) is 56.6 Å². The van der Waals surface area contributed by atoms with E-state index in [1.165, 1.54) is 12.8 Å². The number of hydrogen-bond acceptors (Lipinski definition) is 5. The highest BCUT2D eigenvalue weighted by Crippen LogP contribution is 2.26. The Morgan fingerprint density at radius 3 is 2.79 bits per heavy atom. The van der Waals surface area contributed by atoms with Crippen LogP contribution in [0.3, 0.4) is 0 Å². The van der Waals surface area contributed by atoms with Crippen molar-refractivity contribution in [2.45, 2.75) is 50.7 Å². The molecular formula is C18H27N3O3. The first-order chi connectivity index (χ1) is 11.6. The van der Waals surface area contributed by atoms with Crippen LogP contribution in [0.1, 0.15) is 36.9 Å². The van der Waals surface area contributed by atoms with Crippen molar-refractivity contribution in [1.29, 1.82) is 0 Å². The molecule has 0 atom stereocenters. The van der Waals surface area contributed by atoms with Crippen molar-refractivity contribution in [2.75, 3.05) is 32.8 Å². The number of ether oxygens (including phenoxy) is 1. The van der Waals surface area contributed by atoms with Crippen LogP contribution in [0.5, 0.6) is 0 Å². The summed E-state index contributed by atoms with van der Waals surface area (Å²) in [4.78, 5) is 14.5. The summed E-state index contributed by atoms with van der Waals surface area (Å²) < 4.78 is 6.99. The first-order valence-corrected chi connectivity index (χ1v) is 9.24. The zero-order valence-corrected chi connectivity index (χ0v) is 14.2. The van der Waals surface area contributed by atoms with Crippen molar-refractivity contribution in [3.8, 4) is 0 Å². The van der Waals surface area contributed by atoms with Crippen LogP contribution < -0.4 is 5.56 Å². The van der Waals surface area contributed by atoms with Gasteiger partial charge in [-0.15, -0.1) is 0 Å². The van der Waals surface area contributed by atoms with Gasteiger partial charge in [0.05, 0.1) is 17.8 Å². The highest BCUT2D eigenvalue weighted by atomic mass is 16.5. The molecule has 0 radical (unpaired) electrons. The Hall–Kier alpha value is -1.24. The Balaban J connectivity index is 1.33. The van der Waals surface area contributed by atoms with Gasteiger partial charge in [0.15, 0.2) is 0 Å². The smallest absolute Gasteiger partial charge is 0.267 e. The number of nitrogens with zero attached hydrogens (tertiary/aromatic N) is 3. The van der Waals surface area contributed by atoms with Crippen LogP contribution in [0.4, 0.5) is 0 Å². The lowest BCUT2D eigenvalue weighted by Gasteiger charge is -2.44. The maximum absolute atomic E-state index is 12.2. The van der Waals surface area contributed by atoms with Gasteiger partial charge in [-0.1, -0.05) is 0 Å². The number of likely N-dealkylation sites (tertiary alicyclic amines) is 1. The van der Waals surface area contributed by atoms with Gasteiger partial charge in [-0.25, -0.2) is 4.68 Å². The molecule has 2 aliphatic heterocycles. The van der Waals surface area contributed by atoms with E-state index >= 15 is 0 Å². The van der Waals surface area contributed by atoms with Gasteiger partial charge in [-0.2, -0.15) is 5.10 Å². The van der Waals surface area contributed by atoms with Gasteiger partial charge in [0.2, 0.25) is 0 Å². The molecule has 0 saturated carbocycles. The zero-order valence-electron chi connectivity index (χ0n) is 14.2. The van der Waals surface area contributed by atoms with Crippen molar-refractivity contribution in [1.82, 2.24) is 14.7 Å². The first-order valence-electron chi connectivity index (χ1n) is 9.24. The van der Waals surface area contributed by atoms with E-state index in [4.69, 9.17) is 4.74 Å². The van der Waals surface area contributed by atoms with E-state index in [1.807, 2.05) is 0 Å². The molecule has 4 rings (SSSR count). The lowest BCUT2D eigenvalue weighted by atomic mass is 9.90. The normalized spacial score (nSPS) is 24.4. The largest absolute Gasteiger partial charge is 0.388 e. The fourth-order valence-electron chi connectivity index (χ4n) is 4.22. The minimum atomic E-state index is -0.593. The molecule has 6 heteroatoms. The third-order valence-corrected chi connectivity index (χ3v) is 5.68. The highest BCUT2D eigenvalue weighted by Gasteiger charge is 2.37. The molecule has 3 aliphatic rings. The molecule has 1 aromatic rings. The fourth-order valence-corrected chi connectivity index (χ4v) is 4.22. The molecule has 2 saturated heterocycles. The predicted molar refractivity (Wildman–Crippen MR) is 90.1 cm³/mol. The summed E-state index contributed by atoms with van der Waals surface area (Å²) in [6, 6.07) is 1.79. The van der Waals surface area contributed by atoms with Crippen LogP contribution >= 0.6 is 0 Å². The van der Waals surface area contributed by atoms with E-state index in [9.17, 15) is 9.90 Å². The lowest BCUT2D eigenvalue weighted by Crippen LogP contribution is -2.56. The zero-order chi connectivity index (χ0) is 16.6. The quantitative estimate of drug-likeness (QED) is 0.874. The standard InChI is InChI=1S/C18H27N3O3/c22-17-9-15-3-1-2-4-16(15)19-21(17)12-14-10-20(11-14)13-18(23)5-7-24-8-6-18/h9,14,23H,1-8,10-13H2. The van der Waals surface area contributed by atoms with Gasteiger partial charge in [0, 0.05) is 57.7 Å². The molecule has 0 unspecified atom stereocenters. The summed E-state index contributed by atoms with van der Waals surface area (Å²) in [7, 11) is 0. The summed E-state index contributed by atoms with van der Waals surface area (Å²) >= 11 is 0. The Morgan fingerprint density at radius 2 is 2.00 bits per heavy atom. The Kier molecular flexibility index (Phi) is 4.45. The minimum Gasteiger partial charge on any atom is -0.388 e. The molecule has 24 heavy (non-hydrogen) atoms. The molecule has 1 aliphatic carbocycles. The van der Waals surface area contributed by atoms with E-state index < -0.39 is 5.60 Å². The molecule has 2 fully saturated rings. The second kappa shape index (κ2) is 6.58. The molecule has 0 spiro atoms. The van der Waals surface area contributed by atoms with Crippen molar-refractivity contribution in [3.05, 3.63) is 27.7 Å². The van der Waals surface area contributed by atoms with Crippen molar-refractivity contribution in [2.24, 2.45) is 5.92 Å². The van der Waals surface area contributed by atoms with Crippen LogP contribution in [0, 0.1) is 5.92 Å². The molecule has 0 aromatic carbocycles. The number of aromatic nitrogens is 2. The monoisotopic (exact) mass is 333 g/mol. The molecular weight excluding hydrogens is 306 g/mol. The van der Waals surface area contributed by atoms with Gasteiger partial charge < -0.3 is 9.84 Å². The summed E-state index contributed by atoms with van der Waals surface area (Å²) in [6.07, 6.45) is 5.79. The Bertz CT molecular complexity index is 645. The predicted octanol–water partition coefficient (Wildman–Crippen LogP) is 0.595. The molecule has 132 valence electrons. The van der Waals surface area contributed by atoms with Gasteiger partial charge >= 0.3 is 0 Å². The molecule has 1 N–H and O–H groups in total. The number of fused-ring (bicyclic) bond motifs is 1. The summed E-state index contributed by atoms with van der Waals surface area (Å²) in [5.74, 6) is 0.459. The Labute approximate surface area is 142 Å². The van der Waals surface area contributed by atoms with Crippen LogP contribution in [0.25, 0.3) is 0 Å². The Morgan fingerprint density at radius 1 is 1.25 bits per heavy atom. The molecule has 1 aromatic heterocycles.